The van der Waals surface area contributed by atoms with Gasteiger partial charge in [0, 0.05) is 38.7 Å². The van der Waals surface area contributed by atoms with Gasteiger partial charge in [-0.3, -0.25) is 14.6 Å². The van der Waals surface area contributed by atoms with Gasteiger partial charge in [-0.05, 0) is 18.6 Å². The highest BCUT2D eigenvalue weighted by Gasteiger charge is 2.40. The van der Waals surface area contributed by atoms with Crippen molar-refractivity contribution in [1.82, 2.24) is 15.2 Å². The van der Waals surface area contributed by atoms with Crippen LogP contribution in [-0.4, -0.2) is 67.8 Å². The third kappa shape index (κ3) is 4.05. The molecule has 0 bridgehead atoms. The van der Waals surface area contributed by atoms with Crippen molar-refractivity contribution in [2.45, 2.75) is 18.9 Å². The van der Waals surface area contributed by atoms with Gasteiger partial charge in [0.25, 0.3) is 5.91 Å². The van der Waals surface area contributed by atoms with Crippen molar-refractivity contribution in [2.24, 2.45) is 0 Å². The number of hydrogen-bond acceptors (Lipinski definition) is 5. The molecule has 1 saturated heterocycles. The van der Waals surface area contributed by atoms with E-state index in [9.17, 15) is 9.59 Å². The Balaban J connectivity index is 2.19. The zero-order chi connectivity index (χ0) is 16.9. The van der Waals surface area contributed by atoms with E-state index in [4.69, 9.17) is 9.47 Å². The minimum atomic E-state index is -0.816. The van der Waals surface area contributed by atoms with Crippen LogP contribution in [0.2, 0.25) is 0 Å². The molecule has 0 spiro atoms. The average molecular weight is 321 g/mol. The maximum atomic E-state index is 12.8. The zero-order valence-electron chi connectivity index (χ0n) is 13.8. The molecule has 2 amide bonds. The lowest BCUT2D eigenvalue weighted by Crippen LogP contribution is -2.57. The van der Waals surface area contributed by atoms with Crippen LogP contribution in [0.15, 0.2) is 18.5 Å². The maximum absolute atomic E-state index is 12.8. The van der Waals surface area contributed by atoms with Crippen LogP contribution in [0.3, 0.4) is 0 Å². The van der Waals surface area contributed by atoms with Crippen LogP contribution in [-0.2, 0) is 14.3 Å². The number of ether oxygens (including phenoxy) is 2. The van der Waals surface area contributed by atoms with Gasteiger partial charge < -0.3 is 19.7 Å². The van der Waals surface area contributed by atoms with Crippen LogP contribution in [0.1, 0.15) is 22.3 Å². The van der Waals surface area contributed by atoms with E-state index in [1.807, 2.05) is 6.92 Å². The Morgan fingerprint density at radius 1 is 1.52 bits per heavy atom. The maximum Gasteiger partial charge on any atom is 0.254 e. The predicted octanol–water partition coefficient (Wildman–Crippen LogP) is 0.384. The van der Waals surface area contributed by atoms with Gasteiger partial charge in [0.15, 0.2) is 0 Å². The number of aromatic nitrogens is 1. The summed E-state index contributed by atoms with van der Waals surface area (Å²) in [5.74, 6) is -0.220. The number of pyridine rings is 1. The van der Waals surface area contributed by atoms with Gasteiger partial charge in [-0.15, -0.1) is 0 Å². The molecule has 7 nitrogen and oxygen atoms in total. The Bertz CT molecular complexity index is 574. The van der Waals surface area contributed by atoms with Gasteiger partial charge in [-0.1, -0.05) is 0 Å². The Kier molecular flexibility index (Phi) is 5.68. The second kappa shape index (κ2) is 7.52. The number of methoxy groups -OCH3 is 1. The van der Waals surface area contributed by atoms with E-state index in [2.05, 4.69) is 10.3 Å². The number of aryl methyl sites for hydroxylation is 1. The third-order valence-corrected chi connectivity index (χ3v) is 3.96. The predicted molar refractivity (Wildman–Crippen MR) is 84.1 cm³/mol. The molecule has 0 radical (unpaired) electrons. The SMILES string of the molecule is CNC(=O)C[C@]1(COC)CN(C(=O)c2ccncc2C)CCO1. The minimum absolute atomic E-state index is 0.0782. The molecule has 2 rings (SSSR count). The molecule has 1 aromatic heterocycles. The molecular weight excluding hydrogens is 298 g/mol. The molecule has 1 aliphatic rings. The summed E-state index contributed by atoms with van der Waals surface area (Å²) >= 11 is 0. The number of nitrogens with one attached hydrogen (secondary N) is 1. The van der Waals surface area contributed by atoms with Crippen molar-refractivity contribution >= 4 is 11.8 Å². The lowest BCUT2D eigenvalue weighted by Gasteiger charge is -2.42. The van der Waals surface area contributed by atoms with E-state index in [1.54, 1.807) is 37.5 Å². The van der Waals surface area contributed by atoms with Crippen LogP contribution in [0.4, 0.5) is 0 Å². The molecule has 0 unspecified atom stereocenters. The number of hydrogen-bond donors (Lipinski definition) is 1. The summed E-state index contributed by atoms with van der Waals surface area (Å²) in [5, 5.41) is 2.59. The second-order valence-electron chi connectivity index (χ2n) is 5.73. The van der Waals surface area contributed by atoms with Gasteiger partial charge in [-0.25, -0.2) is 0 Å². The van der Waals surface area contributed by atoms with E-state index in [1.165, 1.54) is 0 Å². The fourth-order valence-electron chi connectivity index (χ4n) is 2.79. The number of nitrogens with zero attached hydrogens (tertiary/aromatic N) is 2. The molecule has 23 heavy (non-hydrogen) atoms. The highest BCUT2D eigenvalue weighted by Crippen LogP contribution is 2.24. The number of rotatable bonds is 5. The number of morpholine rings is 1. The fourth-order valence-corrected chi connectivity index (χ4v) is 2.79. The minimum Gasteiger partial charge on any atom is -0.382 e. The van der Waals surface area contributed by atoms with E-state index in [0.29, 0.717) is 25.3 Å². The first kappa shape index (κ1) is 17.4. The van der Waals surface area contributed by atoms with Crippen molar-refractivity contribution in [3.63, 3.8) is 0 Å². The summed E-state index contributed by atoms with van der Waals surface area (Å²) in [6, 6.07) is 1.71. The van der Waals surface area contributed by atoms with Crippen LogP contribution >= 0.6 is 0 Å². The Morgan fingerprint density at radius 3 is 2.96 bits per heavy atom. The summed E-state index contributed by atoms with van der Waals surface area (Å²) in [7, 11) is 3.14. The molecular formula is C16H23N3O4. The van der Waals surface area contributed by atoms with Crippen molar-refractivity contribution < 1.29 is 19.1 Å². The molecule has 1 N–H and O–H groups in total. The number of carbonyl (C=O) groups excluding carboxylic acids is 2. The van der Waals surface area contributed by atoms with Crippen LogP contribution in [0.5, 0.6) is 0 Å². The summed E-state index contributed by atoms with van der Waals surface area (Å²) in [6.45, 7) is 3.28. The van der Waals surface area contributed by atoms with Crippen molar-refractivity contribution in [2.75, 3.05) is 40.5 Å². The van der Waals surface area contributed by atoms with E-state index in [-0.39, 0.29) is 24.8 Å². The molecule has 0 saturated carbocycles. The summed E-state index contributed by atoms with van der Waals surface area (Å²) in [5.41, 5.74) is 0.629. The third-order valence-electron chi connectivity index (χ3n) is 3.96. The highest BCUT2D eigenvalue weighted by atomic mass is 16.5. The van der Waals surface area contributed by atoms with E-state index < -0.39 is 5.60 Å². The van der Waals surface area contributed by atoms with Crippen LogP contribution in [0, 0.1) is 6.92 Å². The number of amides is 2. The van der Waals surface area contributed by atoms with Gasteiger partial charge >= 0.3 is 0 Å². The first-order valence-electron chi connectivity index (χ1n) is 7.55. The lowest BCUT2D eigenvalue weighted by atomic mass is 9.96. The summed E-state index contributed by atoms with van der Waals surface area (Å²) in [4.78, 5) is 30.3. The van der Waals surface area contributed by atoms with Gasteiger partial charge in [-0.2, -0.15) is 0 Å². The Labute approximate surface area is 136 Å². The van der Waals surface area contributed by atoms with Gasteiger partial charge in [0.05, 0.1) is 26.2 Å². The molecule has 2 heterocycles. The topological polar surface area (TPSA) is 80.8 Å². The monoisotopic (exact) mass is 321 g/mol. The van der Waals surface area contributed by atoms with E-state index >= 15 is 0 Å². The normalized spacial score (nSPS) is 21.1. The first-order chi connectivity index (χ1) is 11.0. The quantitative estimate of drug-likeness (QED) is 0.848. The lowest BCUT2D eigenvalue weighted by molar-refractivity contribution is -0.150. The Morgan fingerprint density at radius 2 is 2.30 bits per heavy atom. The molecule has 0 aliphatic carbocycles. The number of carbonyl (C=O) groups is 2. The molecule has 126 valence electrons. The average Bonchev–Trinajstić information content (AvgIpc) is 2.55. The zero-order valence-corrected chi connectivity index (χ0v) is 13.8. The van der Waals surface area contributed by atoms with E-state index in [0.717, 1.165) is 5.56 Å². The largest absolute Gasteiger partial charge is 0.382 e. The van der Waals surface area contributed by atoms with Crippen LogP contribution < -0.4 is 5.32 Å². The van der Waals surface area contributed by atoms with Crippen molar-refractivity contribution in [1.29, 1.82) is 0 Å². The standard InChI is InChI=1S/C16H23N3O4/c1-12-9-18-5-4-13(12)15(21)19-6-7-23-16(10-19,11-22-3)8-14(20)17-2/h4-5,9H,6-8,10-11H2,1-3H3,(H,17,20)/t16-/m1/s1. The molecule has 1 aliphatic heterocycles. The summed E-state index contributed by atoms with van der Waals surface area (Å²) < 4.78 is 11.1. The van der Waals surface area contributed by atoms with Crippen LogP contribution in [0.25, 0.3) is 0 Å². The molecule has 0 aromatic carbocycles. The molecule has 1 fully saturated rings. The Hall–Kier alpha value is -1.99. The second-order valence-corrected chi connectivity index (χ2v) is 5.73. The molecule has 1 aromatic rings. The first-order valence-corrected chi connectivity index (χ1v) is 7.55. The smallest absolute Gasteiger partial charge is 0.254 e. The fraction of sp³-hybridized carbons (Fsp3) is 0.562. The molecule has 7 heteroatoms. The molecule has 1 atom stereocenters. The van der Waals surface area contributed by atoms with Gasteiger partial charge in [0.1, 0.15) is 5.60 Å². The van der Waals surface area contributed by atoms with Crippen molar-refractivity contribution in [3.05, 3.63) is 29.6 Å². The summed E-state index contributed by atoms with van der Waals surface area (Å²) in [6.07, 6.45) is 3.42. The van der Waals surface area contributed by atoms with Crippen molar-refractivity contribution in [3.8, 4) is 0 Å². The highest BCUT2D eigenvalue weighted by molar-refractivity contribution is 5.95. The van der Waals surface area contributed by atoms with Gasteiger partial charge in [0.2, 0.25) is 5.91 Å².